The molecule has 1 nitrogen and oxygen atoms in total. The fraction of sp³-hybridized carbons (Fsp3) is 0.333. The number of hydrogen-bond acceptors (Lipinski definition) is 1. The Morgan fingerprint density at radius 1 is 1.14 bits per heavy atom. The van der Waals surface area contributed by atoms with E-state index in [1.165, 1.54) is 19.0 Å². The van der Waals surface area contributed by atoms with Crippen molar-refractivity contribution in [2.45, 2.75) is 6.18 Å². The van der Waals surface area contributed by atoms with E-state index in [4.69, 9.17) is 0 Å². The van der Waals surface area contributed by atoms with Gasteiger partial charge in [-0.15, -0.1) is 0 Å². The van der Waals surface area contributed by atoms with Crippen molar-refractivity contribution >= 4 is 5.69 Å². The van der Waals surface area contributed by atoms with Gasteiger partial charge in [0.15, 0.2) is 0 Å². The molecular formula is C9H9F4N. The number of rotatable bonds is 1. The van der Waals surface area contributed by atoms with E-state index >= 15 is 0 Å². The normalized spacial score (nSPS) is 11.6. The molecule has 5 heteroatoms. The summed E-state index contributed by atoms with van der Waals surface area (Å²) in [4.78, 5) is 1.23. The van der Waals surface area contributed by atoms with Gasteiger partial charge < -0.3 is 4.90 Å². The van der Waals surface area contributed by atoms with Crippen molar-refractivity contribution in [2.24, 2.45) is 0 Å². The smallest absolute Gasteiger partial charge is 0.377 e. The van der Waals surface area contributed by atoms with Gasteiger partial charge in [-0.25, -0.2) is 4.39 Å². The van der Waals surface area contributed by atoms with Gasteiger partial charge in [-0.05, 0) is 18.2 Å². The lowest BCUT2D eigenvalue weighted by Crippen LogP contribution is -2.16. The van der Waals surface area contributed by atoms with E-state index in [0.29, 0.717) is 0 Å². The molecule has 0 radical (unpaired) electrons. The molecule has 0 saturated heterocycles. The Bertz CT molecular complexity index is 330. The Morgan fingerprint density at radius 3 is 2.14 bits per heavy atom. The Morgan fingerprint density at radius 2 is 1.71 bits per heavy atom. The molecule has 14 heavy (non-hydrogen) atoms. The van der Waals surface area contributed by atoms with Crippen LogP contribution in [0, 0.1) is 5.82 Å². The van der Waals surface area contributed by atoms with Crippen LogP contribution in [0.5, 0.6) is 0 Å². The molecule has 1 aromatic carbocycles. The first-order valence-corrected chi connectivity index (χ1v) is 3.86. The highest BCUT2D eigenvalue weighted by atomic mass is 19.4. The summed E-state index contributed by atoms with van der Waals surface area (Å²) < 4.78 is 49.9. The largest absolute Gasteiger partial charge is 0.418 e. The van der Waals surface area contributed by atoms with Crippen LogP contribution in [0.2, 0.25) is 0 Å². The van der Waals surface area contributed by atoms with Gasteiger partial charge in [-0.2, -0.15) is 13.2 Å². The van der Waals surface area contributed by atoms with Crippen LogP contribution in [0.25, 0.3) is 0 Å². The second kappa shape index (κ2) is 3.48. The minimum absolute atomic E-state index is 0.169. The molecule has 0 aliphatic carbocycles. The lowest BCUT2D eigenvalue weighted by atomic mass is 10.1. The molecule has 0 amide bonds. The molecule has 1 rings (SSSR count). The van der Waals surface area contributed by atoms with E-state index in [9.17, 15) is 17.6 Å². The third-order valence-corrected chi connectivity index (χ3v) is 1.75. The van der Waals surface area contributed by atoms with Gasteiger partial charge in [0.2, 0.25) is 0 Å². The van der Waals surface area contributed by atoms with Gasteiger partial charge in [0, 0.05) is 14.1 Å². The van der Waals surface area contributed by atoms with Crippen LogP contribution < -0.4 is 4.90 Å². The Hall–Kier alpha value is -1.26. The first-order chi connectivity index (χ1) is 6.32. The standard InChI is InChI=1S/C9H9F4N/c1-14(2)8-5-6(10)3-4-7(8)9(11,12)13/h3-5H,1-2H3. The van der Waals surface area contributed by atoms with Crippen molar-refractivity contribution in [3.8, 4) is 0 Å². The Kier molecular flexibility index (Phi) is 2.69. The molecule has 78 valence electrons. The van der Waals surface area contributed by atoms with Crippen molar-refractivity contribution in [1.29, 1.82) is 0 Å². The first kappa shape index (κ1) is 10.8. The number of nitrogens with zero attached hydrogens (tertiary/aromatic N) is 1. The number of halogens is 4. The topological polar surface area (TPSA) is 3.24 Å². The minimum Gasteiger partial charge on any atom is -0.377 e. The molecule has 0 fully saturated rings. The molecule has 0 aliphatic rings. The van der Waals surface area contributed by atoms with Crippen molar-refractivity contribution < 1.29 is 17.6 Å². The van der Waals surface area contributed by atoms with Crippen molar-refractivity contribution in [3.63, 3.8) is 0 Å². The zero-order valence-electron chi connectivity index (χ0n) is 7.69. The number of benzene rings is 1. The summed E-state index contributed by atoms with van der Waals surface area (Å²) in [5.41, 5.74) is -0.999. The quantitative estimate of drug-likeness (QED) is 0.640. The predicted molar refractivity (Wildman–Crippen MR) is 45.7 cm³/mol. The van der Waals surface area contributed by atoms with Crippen LogP contribution in [0.4, 0.5) is 23.2 Å². The van der Waals surface area contributed by atoms with Gasteiger partial charge in [0.1, 0.15) is 5.82 Å². The highest BCUT2D eigenvalue weighted by Gasteiger charge is 2.34. The van der Waals surface area contributed by atoms with Crippen LogP contribution in [0.3, 0.4) is 0 Å². The molecule has 0 N–H and O–H groups in total. The maximum absolute atomic E-state index is 12.7. The molecule has 0 saturated carbocycles. The second-order valence-corrected chi connectivity index (χ2v) is 3.05. The maximum atomic E-state index is 12.7. The molecule has 0 aliphatic heterocycles. The third-order valence-electron chi connectivity index (χ3n) is 1.75. The molecule has 0 atom stereocenters. The van der Waals surface area contributed by atoms with Gasteiger partial charge in [0.25, 0.3) is 0 Å². The number of hydrogen-bond donors (Lipinski definition) is 0. The summed E-state index contributed by atoms with van der Waals surface area (Å²) in [5, 5.41) is 0. The van der Waals surface area contributed by atoms with Gasteiger partial charge >= 0.3 is 6.18 Å². The molecular weight excluding hydrogens is 198 g/mol. The molecule has 0 bridgehead atoms. The lowest BCUT2D eigenvalue weighted by Gasteiger charge is -2.18. The molecule has 1 aromatic rings. The summed E-state index contributed by atoms with van der Waals surface area (Å²) in [6.07, 6.45) is -4.45. The van der Waals surface area contributed by atoms with Crippen molar-refractivity contribution in [3.05, 3.63) is 29.6 Å². The molecule has 0 heterocycles. The number of anilines is 1. The van der Waals surface area contributed by atoms with Crippen LogP contribution in [-0.2, 0) is 6.18 Å². The second-order valence-electron chi connectivity index (χ2n) is 3.05. The Labute approximate surface area is 78.9 Å². The van der Waals surface area contributed by atoms with E-state index in [1.807, 2.05) is 0 Å². The summed E-state index contributed by atoms with van der Waals surface area (Å²) in [6.45, 7) is 0. The number of alkyl halides is 3. The average Bonchev–Trinajstić information content (AvgIpc) is 2.01. The third kappa shape index (κ3) is 2.16. The van der Waals surface area contributed by atoms with E-state index in [1.54, 1.807) is 0 Å². The van der Waals surface area contributed by atoms with Crippen LogP contribution in [0.1, 0.15) is 5.56 Å². The summed E-state index contributed by atoms with van der Waals surface area (Å²) >= 11 is 0. The fourth-order valence-corrected chi connectivity index (χ4v) is 1.11. The van der Waals surface area contributed by atoms with Gasteiger partial charge in [0.05, 0.1) is 11.3 Å². The molecule has 0 spiro atoms. The zero-order chi connectivity index (χ0) is 10.9. The molecule has 0 unspecified atom stereocenters. The minimum atomic E-state index is -4.45. The van der Waals surface area contributed by atoms with Gasteiger partial charge in [-0.1, -0.05) is 0 Å². The van der Waals surface area contributed by atoms with E-state index in [0.717, 1.165) is 18.2 Å². The van der Waals surface area contributed by atoms with Crippen LogP contribution in [-0.4, -0.2) is 14.1 Å². The van der Waals surface area contributed by atoms with Crippen molar-refractivity contribution in [1.82, 2.24) is 0 Å². The van der Waals surface area contributed by atoms with Gasteiger partial charge in [-0.3, -0.25) is 0 Å². The van der Waals surface area contributed by atoms with E-state index in [2.05, 4.69) is 0 Å². The highest BCUT2D eigenvalue weighted by Crippen LogP contribution is 2.36. The van der Waals surface area contributed by atoms with Crippen molar-refractivity contribution in [2.75, 3.05) is 19.0 Å². The van der Waals surface area contributed by atoms with E-state index < -0.39 is 17.6 Å². The summed E-state index contributed by atoms with van der Waals surface area (Å²) in [6, 6.07) is 2.41. The summed E-state index contributed by atoms with van der Waals surface area (Å²) in [5.74, 6) is -0.679. The highest BCUT2D eigenvalue weighted by molar-refractivity contribution is 5.54. The maximum Gasteiger partial charge on any atom is 0.418 e. The van der Waals surface area contributed by atoms with E-state index in [-0.39, 0.29) is 5.69 Å². The monoisotopic (exact) mass is 207 g/mol. The zero-order valence-corrected chi connectivity index (χ0v) is 7.69. The lowest BCUT2D eigenvalue weighted by molar-refractivity contribution is -0.137. The Balaban J connectivity index is 3.29. The van der Waals surface area contributed by atoms with Crippen LogP contribution >= 0.6 is 0 Å². The van der Waals surface area contributed by atoms with Crippen LogP contribution in [0.15, 0.2) is 18.2 Å². The predicted octanol–water partition coefficient (Wildman–Crippen LogP) is 2.91. The summed E-state index contributed by atoms with van der Waals surface area (Å²) in [7, 11) is 2.87. The SMILES string of the molecule is CN(C)c1cc(F)ccc1C(F)(F)F. The molecule has 0 aromatic heterocycles. The first-order valence-electron chi connectivity index (χ1n) is 3.86. The fourth-order valence-electron chi connectivity index (χ4n) is 1.11. The average molecular weight is 207 g/mol.